The van der Waals surface area contributed by atoms with Crippen LogP contribution in [0.3, 0.4) is 0 Å². The van der Waals surface area contributed by atoms with Crippen LogP contribution in [0.1, 0.15) is 12.0 Å². The van der Waals surface area contributed by atoms with Gasteiger partial charge in [-0.25, -0.2) is 4.98 Å². The van der Waals surface area contributed by atoms with Gasteiger partial charge < -0.3 is 29.6 Å². The number of aromatic nitrogens is 3. The van der Waals surface area contributed by atoms with Gasteiger partial charge in [-0.2, -0.15) is 0 Å². The Morgan fingerprint density at radius 3 is 2.89 bits per heavy atom. The molecule has 2 rings (SSSR count). The molecule has 0 bridgehead atoms. The molecule has 0 atom stereocenters. The van der Waals surface area contributed by atoms with Crippen LogP contribution in [-0.2, 0) is 11.1 Å². The fraction of sp³-hybridized carbons (Fsp3) is 0.400. The molecular weight excluding hydrogens is 271 g/mol. The minimum atomic E-state index is -4.40. The van der Waals surface area contributed by atoms with Crippen molar-refractivity contribution < 1.29 is 19.7 Å². The Kier molecular flexibility index (Phi) is 4.16. The quantitative estimate of drug-likeness (QED) is 0.401. The number of nitrogens with zero attached hydrogens (tertiary/aromatic N) is 1. The molecule has 0 aliphatic carbocycles. The Balaban J connectivity index is 1.91. The average molecular weight is 285 g/mol. The van der Waals surface area contributed by atoms with Crippen LogP contribution in [0.15, 0.2) is 17.3 Å². The van der Waals surface area contributed by atoms with Gasteiger partial charge in [0.2, 0.25) is 0 Å². The smallest absolute Gasteiger partial charge is 0.275 e. The molecular formula is C10H14N4O4P-. The lowest BCUT2D eigenvalue weighted by molar-refractivity contribution is -0.670. The number of hydrogen-bond donors (Lipinski definition) is 3. The summed E-state index contributed by atoms with van der Waals surface area (Å²) in [4.78, 5) is 41.7. The minimum Gasteiger partial charge on any atom is -0.811 e. The third-order valence-corrected chi connectivity index (χ3v) is 3.62. The fourth-order valence-corrected chi connectivity index (χ4v) is 2.42. The molecule has 2 heterocycles. The molecule has 0 radical (unpaired) electrons. The van der Waals surface area contributed by atoms with Crippen LogP contribution in [0.5, 0.6) is 0 Å². The number of aromatic amines is 2. The zero-order valence-corrected chi connectivity index (χ0v) is 11.0. The SMILES string of the molecule is O=c1[nH]cnc2c(C[NH2+]CCCP(=O)([O-])[O-])c[nH]c12. The second-order valence-electron chi connectivity index (χ2n) is 4.24. The summed E-state index contributed by atoms with van der Waals surface area (Å²) in [6.45, 7) is 1.10. The van der Waals surface area contributed by atoms with Crippen molar-refractivity contribution in [3.8, 4) is 0 Å². The van der Waals surface area contributed by atoms with Gasteiger partial charge >= 0.3 is 0 Å². The predicted molar refractivity (Wildman–Crippen MR) is 64.3 cm³/mol. The van der Waals surface area contributed by atoms with E-state index in [1.165, 1.54) is 6.33 Å². The van der Waals surface area contributed by atoms with Gasteiger partial charge in [-0.05, 0) is 6.16 Å². The van der Waals surface area contributed by atoms with Gasteiger partial charge in [0.05, 0.1) is 18.4 Å². The molecule has 0 amide bonds. The molecule has 19 heavy (non-hydrogen) atoms. The Hall–Kier alpha value is -1.47. The molecule has 0 unspecified atom stereocenters. The van der Waals surface area contributed by atoms with E-state index in [2.05, 4.69) is 15.0 Å². The summed E-state index contributed by atoms with van der Waals surface area (Å²) in [5.41, 5.74) is 1.68. The largest absolute Gasteiger partial charge is 0.811 e. The Labute approximate surface area is 108 Å². The summed E-state index contributed by atoms with van der Waals surface area (Å²) in [5, 5.41) is 1.88. The van der Waals surface area contributed by atoms with Crippen LogP contribution in [0.4, 0.5) is 0 Å². The molecule has 2 aromatic heterocycles. The molecule has 2 aromatic rings. The number of fused-ring (bicyclic) bond motifs is 1. The monoisotopic (exact) mass is 285 g/mol. The molecule has 0 aliphatic heterocycles. The molecule has 8 nitrogen and oxygen atoms in total. The van der Waals surface area contributed by atoms with Crippen LogP contribution in [0, 0.1) is 0 Å². The summed E-state index contributed by atoms with van der Waals surface area (Å²) in [6, 6.07) is 0. The van der Waals surface area contributed by atoms with Crippen molar-refractivity contribution in [1.82, 2.24) is 15.0 Å². The van der Waals surface area contributed by atoms with Crippen molar-refractivity contribution in [2.45, 2.75) is 13.0 Å². The van der Waals surface area contributed by atoms with Gasteiger partial charge in [0, 0.05) is 12.6 Å². The van der Waals surface area contributed by atoms with Gasteiger partial charge in [0.15, 0.2) is 0 Å². The van der Waals surface area contributed by atoms with E-state index in [9.17, 15) is 19.1 Å². The topological polar surface area (TPSA) is 141 Å². The summed E-state index contributed by atoms with van der Waals surface area (Å²) in [5.74, 6) is 0. The molecule has 0 aliphatic rings. The summed E-state index contributed by atoms with van der Waals surface area (Å²) >= 11 is 0. The number of H-pyrrole nitrogens is 2. The predicted octanol–water partition coefficient (Wildman–Crippen LogP) is -2.38. The highest BCUT2D eigenvalue weighted by molar-refractivity contribution is 7.48. The lowest BCUT2D eigenvalue weighted by Crippen LogP contribution is -2.82. The molecule has 0 spiro atoms. The van der Waals surface area contributed by atoms with Gasteiger partial charge in [-0.15, -0.1) is 0 Å². The third kappa shape index (κ3) is 3.74. The lowest BCUT2D eigenvalue weighted by Gasteiger charge is -2.28. The van der Waals surface area contributed by atoms with Crippen molar-refractivity contribution in [2.24, 2.45) is 0 Å². The van der Waals surface area contributed by atoms with Crippen molar-refractivity contribution in [3.05, 3.63) is 28.4 Å². The van der Waals surface area contributed by atoms with Crippen LogP contribution in [0.25, 0.3) is 11.0 Å². The molecule has 0 saturated carbocycles. The molecule has 0 fully saturated rings. The van der Waals surface area contributed by atoms with Gasteiger partial charge in [0.25, 0.3) is 5.56 Å². The maximum absolute atomic E-state index is 11.4. The number of nitrogens with one attached hydrogen (secondary N) is 2. The van der Waals surface area contributed by atoms with Gasteiger partial charge in [-0.1, -0.05) is 7.60 Å². The summed E-state index contributed by atoms with van der Waals surface area (Å²) in [7, 11) is -4.40. The van der Waals surface area contributed by atoms with E-state index < -0.39 is 7.60 Å². The van der Waals surface area contributed by atoms with Gasteiger partial charge in [-0.3, -0.25) is 4.79 Å². The summed E-state index contributed by atoms with van der Waals surface area (Å²) in [6.07, 6.45) is 3.04. The molecule has 104 valence electrons. The van der Waals surface area contributed by atoms with Crippen LogP contribution in [0.2, 0.25) is 0 Å². The maximum atomic E-state index is 11.4. The second kappa shape index (κ2) is 5.66. The van der Waals surface area contributed by atoms with Crippen LogP contribution < -0.4 is 20.7 Å². The van der Waals surface area contributed by atoms with E-state index in [1.54, 1.807) is 6.20 Å². The first kappa shape index (κ1) is 14.0. The number of hydrogen-bond acceptors (Lipinski definition) is 5. The number of rotatable bonds is 6. The standard InChI is InChI=1S/C10H15N4O4P/c15-10-9-8(13-6-14-10)7(5-12-9)4-11-2-1-3-19(16,17)18/h5-6,11-12H,1-4H2,(H,13,14,15)(H2,16,17,18)/p-1. The average Bonchev–Trinajstić information content (AvgIpc) is 2.72. The Morgan fingerprint density at radius 1 is 1.37 bits per heavy atom. The third-order valence-electron chi connectivity index (χ3n) is 2.75. The van der Waals surface area contributed by atoms with Crippen molar-refractivity contribution in [3.63, 3.8) is 0 Å². The van der Waals surface area contributed by atoms with Gasteiger partial charge in [0.1, 0.15) is 17.6 Å². The lowest BCUT2D eigenvalue weighted by atomic mass is 10.3. The van der Waals surface area contributed by atoms with E-state index >= 15 is 0 Å². The van der Waals surface area contributed by atoms with Crippen molar-refractivity contribution in [2.75, 3.05) is 12.7 Å². The first-order valence-corrected chi connectivity index (χ1v) is 7.56. The van der Waals surface area contributed by atoms with E-state index in [-0.39, 0.29) is 11.7 Å². The Morgan fingerprint density at radius 2 is 2.16 bits per heavy atom. The minimum absolute atomic E-state index is 0.227. The highest BCUT2D eigenvalue weighted by Crippen LogP contribution is 2.22. The fourth-order valence-electron chi connectivity index (χ4n) is 1.85. The highest BCUT2D eigenvalue weighted by Gasteiger charge is 2.08. The zero-order chi connectivity index (χ0) is 13.9. The first-order valence-electron chi connectivity index (χ1n) is 5.84. The van der Waals surface area contributed by atoms with E-state index in [0.29, 0.717) is 30.5 Å². The van der Waals surface area contributed by atoms with Crippen molar-refractivity contribution >= 4 is 18.6 Å². The zero-order valence-electron chi connectivity index (χ0n) is 10.1. The summed E-state index contributed by atoms with van der Waals surface area (Å²) < 4.78 is 10.4. The van der Waals surface area contributed by atoms with Crippen LogP contribution >= 0.6 is 7.60 Å². The number of nitrogens with two attached hydrogens (primary N) is 1. The Bertz CT molecular complexity index is 659. The van der Waals surface area contributed by atoms with E-state index in [1.807, 2.05) is 5.32 Å². The number of quaternary nitrogens is 1. The second-order valence-corrected chi connectivity index (χ2v) is 5.91. The molecule has 0 aromatic carbocycles. The first-order chi connectivity index (χ1) is 8.97. The normalized spacial score (nSPS) is 12.1. The highest BCUT2D eigenvalue weighted by atomic mass is 31.2. The maximum Gasteiger partial charge on any atom is 0.275 e. The molecule has 4 N–H and O–H groups in total. The van der Waals surface area contributed by atoms with E-state index in [0.717, 1.165) is 5.56 Å². The molecule has 9 heteroatoms. The molecule has 0 saturated heterocycles. The van der Waals surface area contributed by atoms with Crippen LogP contribution in [-0.4, -0.2) is 27.7 Å². The van der Waals surface area contributed by atoms with Crippen molar-refractivity contribution in [1.29, 1.82) is 0 Å². The van der Waals surface area contributed by atoms with E-state index in [4.69, 9.17) is 0 Å².